The average Bonchev–Trinajstić information content (AvgIpc) is 2.52. The summed E-state index contributed by atoms with van der Waals surface area (Å²) in [6.45, 7) is 0. The molecule has 2 N–H and O–H groups in total. The molecule has 0 aliphatic heterocycles. The van der Waals surface area contributed by atoms with Crippen molar-refractivity contribution in [2.45, 2.75) is 12.8 Å². The maximum Gasteiger partial charge on any atom is 0.306 e. The number of phenolic OH excluding ortho intramolecular Hbond substituents is 1. The summed E-state index contributed by atoms with van der Waals surface area (Å²) in [5, 5.41) is 21.7. The third-order valence-corrected chi connectivity index (χ3v) is 3.11. The van der Waals surface area contributed by atoms with Gasteiger partial charge in [-0.2, -0.15) is 5.06 Å². The Balaban J connectivity index is 2.23. The van der Waals surface area contributed by atoms with Gasteiger partial charge in [0, 0.05) is 11.8 Å². The van der Waals surface area contributed by atoms with Crippen LogP contribution in [0.25, 0.3) is 10.8 Å². The molecule has 0 spiro atoms. The van der Waals surface area contributed by atoms with E-state index in [-0.39, 0.29) is 24.3 Å². The SMILES string of the molecule is COC(=O)CCC(=O)N(O)c1ccc2ccccc2c1O. The summed E-state index contributed by atoms with van der Waals surface area (Å²) in [6, 6.07) is 10.2. The predicted molar refractivity (Wildman–Crippen MR) is 76.1 cm³/mol. The van der Waals surface area contributed by atoms with Gasteiger partial charge in [0.05, 0.1) is 13.5 Å². The van der Waals surface area contributed by atoms with Gasteiger partial charge in [-0.3, -0.25) is 14.8 Å². The van der Waals surface area contributed by atoms with Gasteiger partial charge in [-0.15, -0.1) is 0 Å². The molecule has 0 aliphatic carbocycles. The molecule has 0 saturated carbocycles. The maximum absolute atomic E-state index is 11.8. The van der Waals surface area contributed by atoms with E-state index in [2.05, 4.69) is 4.74 Å². The van der Waals surface area contributed by atoms with Gasteiger partial charge >= 0.3 is 5.97 Å². The summed E-state index contributed by atoms with van der Waals surface area (Å²) >= 11 is 0. The Morgan fingerprint density at radius 3 is 2.57 bits per heavy atom. The lowest BCUT2D eigenvalue weighted by atomic mass is 10.1. The van der Waals surface area contributed by atoms with Crippen LogP contribution in [-0.4, -0.2) is 29.3 Å². The predicted octanol–water partition coefficient (Wildman–Crippen LogP) is 2.22. The number of phenols is 1. The number of hydroxylamine groups is 1. The largest absolute Gasteiger partial charge is 0.505 e. The molecule has 0 unspecified atom stereocenters. The highest BCUT2D eigenvalue weighted by Crippen LogP contribution is 2.34. The van der Waals surface area contributed by atoms with Crippen molar-refractivity contribution in [1.82, 2.24) is 0 Å². The van der Waals surface area contributed by atoms with Crippen LogP contribution < -0.4 is 5.06 Å². The number of aromatic hydroxyl groups is 1. The zero-order chi connectivity index (χ0) is 15.4. The van der Waals surface area contributed by atoms with E-state index in [9.17, 15) is 19.9 Å². The Kier molecular flexibility index (Phi) is 4.39. The normalized spacial score (nSPS) is 10.4. The number of carbonyl (C=O) groups is 2. The smallest absolute Gasteiger partial charge is 0.306 e. The number of methoxy groups -OCH3 is 1. The van der Waals surface area contributed by atoms with Crippen LogP contribution in [0, 0.1) is 0 Å². The molecular weight excluding hydrogens is 274 g/mol. The lowest BCUT2D eigenvalue weighted by molar-refractivity contribution is -0.142. The van der Waals surface area contributed by atoms with Crippen molar-refractivity contribution in [1.29, 1.82) is 0 Å². The molecule has 0 bridgehead atoms. The minimum absolute atomic E-state index is 0.0245. The van der Waals surface area contributed by atoms with E-state index in [4.69, 9.17) is 0 Å². The van der Waals surface area contributed by atoms with Crippen LogP contribution in [0.1, 0.15) is 12.8 Å². The van der Waals surface area contributed by atoms with Gasteiger partial charge in [-0.1, -0.05) is 30.3 Å². The average molecular weight is 289 g/mol. The van der Waals surface area contributed by atoms with Gasteiger partial charge in [0.1, 0.15) is 11.4 Å². The third kappa shape index (κ3) is 3.11. The number of hydrogen-bond acceptors (Lipinski definition) is 5. The van der Waals surface area contributed by atoms with E-state index in [1.54, 1.807) is 24.3 Å². The Bertz CT molecular complexity index is 683. The molecule has 0 fully saturated rings. The van der Waals surface area contributed by atoms with Crippen LogP contribution >= 0.6 is 0 Å². The Morgan fingerprint density at radius 1 is 1.14 bits per heavy atom. The Morgan fingerprint density at radius 2 is 1.86 bits per heavy atom. The number of fused-ring (bicyclic) bond motifs is 1. The number of benzene rings is 2. The quantitative estimate of drug-likeness (QED) is 0.512. The van der Waals surface area contributed by atoms with Crippen LogP contribution in [0.3, 0.4) is 0 Å². The van der Waals surface area contributed by atoms with Gasteiger partial charge in [-0.25, -0.2) is 0 Å². The van der Waals surface area contributed by atoms with Crippen molar-refractivity contribution in [3.63, 3.8) is 0 Å². The first-order chi connectivity index (χ1) is 10.0. The monoisotopic (exact) mass is 289 g/mol. The zero-order valence-corrected chi connectivity index (χ0v) is 11.4. The summed E-state index contributed by atoms with van der Waals surface area (Å²) in [4.78, 5) is 22.8. The minimum Gasteiger partial charge on any atom is -0.505 e. The first-order valence-corrected chi connectivity index (χ1v) is 6.34. The molecule has 0 atom stereocenters. The van der Waals surface area contributed by atoms with Crippen molar-refractivity contribution < 1.29 is 24.6 Å². The van der Waals surface area contributed by atoms with E-state index in [1.165, 1.54) is 13.2 Å². The lowest BCUT2D eigenvalue weighted by Crippen LogP contribution is -2.27. The number of hydrogen-bond donors (Lipinski definition) is 2. The summed E-state index contributed by atoms with van der Waals surface area (Å²) in [6.07, 6.45) is -0.351. The highest BCUT2D eigenvalue weighted by Gasteiger charge is 2.19. The van der Waals surface area contributed by atoms with Gasteiger partial charge in [-0.05, 0) is 11.5 Å². The summed E-state index contributed by atoms with van der Waals surface area (Å²) in [7, 11) is 1.22. The van der Waals surface area contributed by atoms with Gasteiger partial charge in [0.25, 0.3) is 5.91 Å². The second kappa shape index (κ2) is 6.23. The first-order valence-electron chi connectivity index (χ1n) is 6.34. The van der Waals surface area contributed by atoms with Crippen LogP contribution in [0.4, 0.5) is 5.69 Å². The number of esters is 1. The summed E-state index contributed by atoms with van der Waals surface area (Å²) in [5.74, 6) is -1.44. The number of ether oxygens (including phenoxy) is 1. The molecule has 6 nitrogen and oxygen atoms in total. The number of amides is 1. The molecule has 2 aromatic carbocycles. The third-order valence-electron chi connectivity index (χ3n) is 3.11. The van der Waals surface area contributed by atoms with Crippen molar-refractivity contribution in [3.05, 3.63) is 36.4 Å². The number of nitrogens with zero attached hydrogens (tertiary/aromatic N) is 1. The molecule has 0 aromatic heterocycles. The van der Waals surface area contributed by atoms with E-state index in [0.717, 1.165) is 5.39 Å². The highest BCUT2D eigenvalue weighted by atomic mass is 16.5. The second-order valence-corrected chi connectivity index (χ2v) is 4.44. The number of rotatable bonds is 4. The van der Waals surface area contributed by atoms with Gasteiger partial charge in [0.15, 0.2) is 0 Å². The van der Waals surface area contributed by atoms with E-state index in [0.29, 0.717) is 10.4 Å². The standard InChI is InChI=1S/C15H15NO5/c1-21-14(18)9-8-13(17)16(20)12-7-6-10-4-2-3-5-11(10)15(12)19/h2-7,19-20H,8-9H2,1H3. The molecule has 2 aromatic rings. The summed E-state index contributed by atoms with van der Waals surface area (Å²) in [5.41, 5.74) is -0.0245. The summed E-state index contributed by atoms with van der Waals surface area (Å²) < 4.78 is 4.43. The fourth-order valence-corrected chi connectivity index (χ4v) is 1.97. The topological polar surface area (TPSA) is 87.1 Å². The lowest BCUT2D eigenvalue weighted by Gasteiger charge is -2.17. The number of carbonyl (C=O) groups excluding carboxylic acids is 2. The van der Waals surface area contributed by atoms with Crippen molar-refractivity contribution >= 4 is 28.3 Å². The maximum atomic E-state index is 11.8. The van der Waals surface area contributed by atoms with Crippen LogP contribution in [0.2, 0.25) is 0 Å². The first kappa shape index (κ1) is 14.8. The molecule has 0 aliphatic rings. The fraction of sp³-hybridized carbons (Fsp3) is 0.200. The Labute approximate surface area is 121 Å². The van der Waals surface area contributed by atoms with Gasteiger partial charge in [0.2, 0.25) is 0 Å². The van der Waals surface area contributed by atoms with Gasteiger partial charge < -0.3 is 9.84 Å². The zero-order valence-electron chi connectivity index (χ0n) is 11.4. The molecule has 110 valence electrons. The molecule has 2 rings (SSSR count). The molecule has 0 saturated heterocycles. The second-order valence-electron chi connectivity index (χ2n) is 4.44. The van der Waals surface area contributed by atoms with Crippen molar-refractivity contribution in [2.75, 3.05) is 12.2 Å². The van der Waals surface area contributed by atoms with Crippen LogP contribution in [0.15, 0.2) is 36.4 Å². The van der Waals surface area contributed by atoms with E-state index < -0.39 is 11.9 Å². The molecule has 1 amide bonds. The fourth-order valence-electron chi connectivity index (χ4n) is 1.97. The highest BCUT2D eigenvalue weighted by molar-refractivity contribution is 6.00. The molecular formula is C15H15NO5. The molecule has 0 radical (unpaired) electrons. The Hall–Kier alpha value is -2.60. The molecule has 0 heterocycles. The minimum atomic E-state index is -0.703. The molecule has 6 heteroatoms. The van der Waals surface area contributed by atoms with Crippen molar-refractivity contribution in [3.8, 4) is 5.75 Å². The van der Waals surface area contributed by atoms with Crippen LogP contribution in [-0.2, 0) is 14.3 Å². The van der Waals surface area contributed by atoms with E-state index in [1.807, 2.05) is 6.07 Å². The van der Waals surface area contributed by atoms with E-state index >= 15 is 0 Å². The van der Waals surface area contributed by atoms with Crippen molar-refractivity contribution in [2.24, 2.45) is 0 Å². The number of anilines is 1. The molecule has 21 heavy (non-hydrogen) atoms. The van der Waals surface area contributed by atoms with Crippen LogP contribution in [0.5, 0.6) is 5.75 Å².